The average molecular weight is 224 g/mol. The second-order valence-corrected chi connectivity index (χ2v) is 4.17. The van der Waals surface area contributed by atoms with Gasteiger partial charge in [-0.2, -0.15) is 0 Å². The molecule has 1 aliphatic heterocycles. The molecule has 4 heteroatoms. The zero-order valence-corrected chi connectivity index (χ0v) is 9.17. The summed E-state index contributed by atoms with van der Waals surface area (Å²) in [6, 6.07) is 5.24. The zero-order valence-electron chi connectivity index (χ0n) is 9.17. The fraction of sp³-hybridized carbons (Fsp3) is 0.500. The molecule has 3 nitrogen and oxygen atoms in total. The SMILES string of the molecule is Oc1cc(CF)ccc1NC1CCCNC1. The Labute approximate surface area is 94.7 Å². The summed E-state index contributed by atoms with van der Waals surface area (Å²) in [6.07, 6.45) is 2.23. The molecule has 1 saturated heterocycles. The van der Waals surface area contributed by atoms with Crippen molar-refractivity contribution in [2.45, 2.75) is 25.6 Å². The lowest BCUT2D eigenvalue weighted by Crippen LogP contribution is -2.38. The van der Waals surface area contributed by atoms with Crippen molar-refractivity contribution in [3.8, 4) is 5.75 Å². The fourth-order valence-electron chi connectivity index (χ4n) is 1.98. The third kappa shape index (κ3) is 2.64. The number of hydrogen-bond donors (Lipinski definition) is 3. The monoisotopic (exact) mass is 224 g/mol. The molecule has 1 heterocycles. The number of phenols is 1. The molecule has 0 radical (unpaired) electrons. The molecular formula is C12H17FN2O. The van der Waals surface area contributed by atoms with Crippen LogP contribution in [-0.2, 0) is 6.67 Å². The Kier molecular flexibility index (Phi) is 3.62. The highest BCUT2D eigenvalue weighted by Gasteiger charge is 2.13. The lowest BCUT2D eigenvalue weighted by Gasteiger charge is -2.25. The van der Waals surface area contributed by atoms with Crippen LogP contribution in [0.1, 0.15) is 18.4 Å². The predicted molar refractivity (Wildman–Crippen MR) is 62.4 cm³/mol. The van der Waals surface area contributed by atoms with Gasteiger partial charge in [-0.1, -0.05) is 6.07 Å². The van der Waals surface area contributed by atoms with E-state index in [1.165, 1.54) is 6.07 Å². The van der Waals surface area contributed by atoms with E-state index >= 15 is 0 Å². The first-order valence-corrected chi connectivity index (χ1v) is 5.64. The van der Waals surface area contributed by atoms with Gasteiger partial charge in [0.2, 0.25) is 0 Å². The van der Waals surface area contributed by atoms with Crippen LogP contribution in [0.2, 0.25) is 0 Å². The molecule has 1 aromatic rings. The van der Waals surface area contributed by atoms with Crippen LogP contribution in [-0.4, -0.2) is 24.2 Å². The molecule has 1 fully saturated rings. The molecule has 0 saturated carbocycles. The normalized spacial score (nSPS) is 20.7. The van der Waals surface area contributed by atoms with Gasteiger partial charge in [0.15, 0.2) is 0 Å². The van der Waals surface area contributed by atoms with E-state index < -0.39 is 6.67 Å². The maximum Gasteiger partial charge on any atom is 0.139 e. The first-order valence-electron chi connectivity index (χ1n) is 5.64. The number of halogens is 1. The summed E-state index contributed by atoms with van der Waals surface area (Å²) < 4.78 is 12.4. The molecule has 88 valence electrons. The molecule has 1 aliphatic rings. The average Bonchev–Trinajstić information content (AvgIpc) is 2.33. The number of phenolic OH excluding ortho intramolecular Hbond substituents is 1. The molecule has 16 heavy (non-hydrogen) atoms. The molecular weight excluding hydrogens is 207 g/mol. The molecule has 2 rings (SSSR count). The topological polar surface area (TPSA) is 44.3 Å². The summed E-state index contributed by atoms with van der Waals surface area (Å²) >= 11 is 0. The van der Waals surface area contributed by atoms with E-state index in [0.717, 1.165) is 25.9 Å². The van der Waals surface area contributed by atoms with E-state index in [9.17, 15) is 9.50 Å². The van der Waals surface area contributed by atoms with Gasteiger partial charge in [-0.05, 0) is 37.1 Å². The second-order valence-electron chi connectivity index (χ2n) is 4.17. The van der Waals surface area contributed by atoms with Crippen LogP contribution in [0.25, 0.3) is 0 Å². The van der Waals surface area contributed by atoms with Crippen LogP contribution in [0.3, 0.4) is 0 Å². The Bertz CT molecular complexity index is 351. The van der Waals surface area contributed by atoms with Crippen LogP contribution < -0.4 is 10.6 Å². The van der Waals surface area contributed by atoms with Crippen LogP contribution in [0.4, 0.5) is 10.1 Å². The lowest BCUT2D eigenvalue weighted by atomic mass is 10.1. The Morgan fingerprint density at radius 3 is 3.00 bits per heavy atom. The maximum absolute atomic E-state index is 12.4. The summed E-state index contributed by atoms with van der Waals surface area (Å²) in [5.74, 6) is 0.126. The predicted octanol–water partition coefficient (Wildman–Crippen LogP) is 2.03. The minimum atomic E-state index is -0.543. The van der Waals surface area contributed by atoms with E-state index in [2.05, 4.69) is 10.6 Å². The highest BCUT2D eigenvalue weighted by atomic mass is 19.1. The minimum Gasteiger partial charge on any atom is -0.506 e. The molecule has 0 aromatic heterocycles. The van der Waals surface area contributed by atoms with E-state index in [1.54, 1.807) is 12.1 Å². The number of nitrogens with one attached hydrogen (secondary N) is 2. The van der Waals surface area contributed by atoms with E-state index in [-0.39, 0.29) is 5.75 Å². The van der Waals surface area contributed by atoms with Crippen LogP contribution in [0, 0.1) is 0 Å². The number of benzene rings is 1. The third-order valence-electron chi connectivity index (χ3n) is 2.87. The zero-order chi connectivity index (χ0) is 11.4. The summed E-state index contributed by atoms with van der Waals surface area (Å²) in [6.45, 7) is 1.42. The molecule has 1 aromatic carbocycles. The van der Waals surface area contributed by atoms with Gasteiger partial charge in [0.25, 0.3) is 0 Å². The van der Waals surface area contributed by atoms with Crippen molar-refractivity contribution in [1.29, 1.82) is 0 Å². The van der Waals surface area contributed by atoms with Crippen molar-refractivity contribution < 1.29 is 9.50 Å². The maximum atomic E-state index is 12.4. The van der Waals surface area contributed by atoms with E-state index in [4.69, 9.17) is 0 Å². The number of aromatic hydroxyl groups is 1. The van der Waals surface area contributed by atoms with Crippen LogP contribution in [0.5, 0.6) is 5.75 Å². The van der Waals surface area contributed by atoms with Gasteiger partial charge in [0.05, 0.1) is 5.69 Å². The van der Waals surface area contributed by atoms with Gasteiger partial charge >= 0.3 is 0 Å². The Hall–Kier alpha value is -1.29. The minimum absolute atomic E-state index is 0.126. The molecule has 0 aliphatic carbocycles. The standard InChI is InChI=1S/C12H17FN2O/c13-7-9-3-4-11(12(16)6-9)15-10-2-1-5-14-8-10/h3-4,6,10,14-16H,1-2,5,7-8H2. The fourth-order valence-corrected chi connectivity index (χ4v) is 1.98. The second kappa shape index (κ2) is 5.16. The highest BCUT2D eigenvalue weighted by molar-refractivity contribution is 5.57. The Morgan fingerprint density at radius 1 is 1.50 bits per heavy atom. The Balaban J connectivity index is 2.03. The largest absolute Gasteiger partial charge is 0.506 e. The van der Waals surface area contributed by atoms with Crippen LogP contribution >= 0.6 is 0 Å². The molecule has 1 atom stereocenters. The third-order valence-corrected chi connectivity index (χ3v) is 2.87. The van der Waals surface area contributed by atoms with Gasteiger partial charge < -0.3 is 15.7 Å². The van der Waals surface area contributed by atoms with E-state index in [0.29, 0.717) is 17.3 Å². The number of alkyl halides is 1. The summed E-state index contributed by atoms with van der Waals surface area (Å²) in [5, 5.41) is 16.3. The number of anilines is 1. The van der Waals surface area contributed by atoms with Gasteiger partial charge in [-0.25, -0.2) is 4.39 Å². The summed E-state index contributed by atoms with van der Waals surface area (Å²) in [4.78, 5) is 0. The Morgan fingerprint density at radius 2 is 2.38 bits per heavy atom. The first-order chi connectivity index (χ1) is 7.79. The van der Waals surface area contributed by atoms with Gasteiger partial charge in [-0.3, -0.25) is 0 Å². The highest BCUT2D eigenvalue weighted by Crippen LogP contribution is 2.26. The van der Waals surface area contributed by atoms with Crippen LogP contribution in [0.15, 0.2) is 18.2 Å². The summed E-state index contributed by atoms with van der Waals surface area (Å²) in [7, 11) is 0. The van der Waals surface area contributed by atoms with Crippen molar-refractivity contribution in [2.24, 2.45) is 0 Å². The lowest BCUT2D eigenvalue weighted by molar-refractivity contribution is 0.457. The molecule has 0 amide bonds. The van der Waals surface area contributed by atoms with Crippen molar-refractivity contribution in [3.05, 3.63) is 23.8 Å². The van der Waals surface area contributed by atoms with Gasteiger partial charge in [-0.15, -0.1) is 0 Å². The van der Waals surface area contributed by atoms with Crippen molar-refractivity contribution in [1.82, 2.24) is 5.32 Å². The van der Waals surface area contributed by atoms with Gasteiger partial charge in [0, 0.05) is 12.6 Å². The quantitative estimate of drug-likeness (QED) is 0.688. The molecule has 0 spiro atoms. The summed E-state index contributed by atoms with van der Waals surface area (Å²) in [5.41, 5.74) is 1.19. The smallest absolute Gasteiger partial charge is 0.139 e. The van der Waals surface area contributed by atoms with E-state index in [1.807, 2.05) is 0 Å². The van der Waals surface area contributed by atoms with Crippen molar-refractivity contribution in [2.75, 3.05) is 18.4 Å². The molecule has 3 N–H and O–H groups in total. The van der Waals surface area contributed by atoms with Crippen molar-refractivity contribution >= 4 is 5.69 Å². The number of rotatable bonds is 3. The molecule has 1 unspecified atom stereocenters. The number of piperidine rings is 1. The van der Waals surface area contributed by atoms with Crippen molar-refractivity contribution in [3.63, 3.8) is 0 Å². The first kappa shape index (κ1) is 11.2. The number of hydrogen-bond acceptors (Lipinski definition) is 3. The molecule has 0 bridgehead atoms. The van der Waals surface area contributed by atoms with Gasteiger partial charge in [0.1, 0.15) is 12.4 Å².